The van der Waals surface area contributed by atoms with Crippen molar-refractivity contribution in [3.05, 3.63) is 28.8 Å². The zero-order valence-corrected chi connectivity index (χ0v) is 16.1. The van der Waals surface area contributed by atoms with Crippen LogP contribution < -0.4 is 10.6 Å². The smallest absolute Gasteiger partial charge is 0.325 e. The number of carbonyl (C=O) groups is 3. The van der Waals surface area contributed by atoms with Gasteiger partial charge in [0, 0.05) is 5.69 Å². The van der Waals surface area contributed by atoms with Crippen molar-refractivity contribution in [1.82, 2.24) is 15.3 Å². The fraction of sp³-hybridized carbons (Fsp3) is 0.375. The van der Waals surface area contributed by atoms with Crippen LogP contribution in [-0.4, -0.2) is 44.4 Å². The third-order valence-electron chi connectivity index (χ3n) is 4.50. The summed E-state index contributed by atoms with van der Waals surface area (Å²) in [6.07, 6.45) is -4.98. The second-order valence-corrected chi connectivity index (χ2v) is 7.56. The van der Waals surface area contributed by atoms with E-state index in [-0.39, 0.29) is 17.2 Å². The molecule has 2 fully saturated rings. The van der Waals surface area contributed by atoms with Crippen LogP contribution in [0.1, 0.15) is 25.8 Å². The maximum absolute atomic E-state index is 13.0. The van der Waals surface area contributed by atoms with Crippen LogP contribution in [0.4, 0.5) is 18.9 Å². The molecule has 12 heteroatoms. The van der Waals surface area contributed by atoms with Gasteiger partial charge in [0.05, 0.1) is 17.0 Å². The predicted molar refractivity (Wildman–Crippen MR) is 97.0 cm³/mol. The molecular weight excluding hydrogens is 421 g/mol. The van der Waals surface area contributed by atoms with Crippen molar-refractivity contribution in [2.45, 2.75) is 38.0 Å². The van der Waals surface area contributed by atoms with Gasteiger partial charge in [0.15, 0.2) is 5.11 Å². The van der Waals surface area contributed by atoms with Gasteiger partial charge in [0.2, 0.25) is 17.7 Å². The number of hydrogen-bond donors (Lipinski definition) is 2. The normalized spacial score (nSPS) is 22.1. The Labute approximate surface area is 167 Å². The van der Waals surface area contributed by atoms with Crippen molar-refractivity contribution in [3.8, 4) is 0 Å². The average Bonchev–Trinajstić information content (AvgIpc) is 2.93. The molecular formula is C16H14ClF3N4O3S. The number of amides is 3. The van der Waals surface area contributed by atoms with Crippen LogP contribution in [-0.2, 0) is 20.6 Å². The minimum Gasteiger partial charge on any atom is -0.325 e. The molecule has 0 unspecified atom stereocenters. The Kier molecular flexibility index (Phi) is 4.89. The molecule has 2 N–H and O–H groups in total. The number of thiocarbonyl (C=S) groups is 1. The molecule has 2 heterocycles. The third kappa shape index (κ3) is 3.33. The first-order valence-corrected chi connectivity index (χ1v) is 8.78. The third-order valence-corrected chi connectivity index (χ3v) is 5.10. The first kappa shape index (κ1) is 20.5. The Balaban J connectivity index is 1.90. The van der Waals surface area contributed by atoms with Gasteiger partial charge in [0.1, 0.15) is 11.6 Å². The molecule has 28 heavy (non-hydrogen) atoms. The Morgan fingerprint density at radius 1 is 1.36 bits per heavy atom. The topological polar surface area (TPSA) is 81.8 Å². The summed E-state index contributed by atoms with van der Waals surface area (Å²) in [7, 11) is 0. The van der Waals surface area contributed by atoms with E-state index in [1.54, 1.807) is 0 Å². The number of nitrogens with zero attached hydrogens (tertiary/aromatic N) is 2. The summed E-state index contributed by atoms with van der Waals surface area (Å²) in [4.78, 5) is 37.3. The van der Waals surface area contributed by atoms with Crippen LogP contribution in [0.2, 0.25) is 5.02 Å². The second-order valence-electron chi connectivity index (χ2n) is 6.77. The monoisotopic (exact) mass is 434 g/mol. The summed E-state index contributed by atoms with van der Waals surface area (Å²) in [5.74, 6) is -1.77. The van der Waals surface area contributed by atoms with Gasteiger partial charge in [0.25, 0.3) is 0 Å². The fourth-order valence-electron chi connectivity index (χ4n) is 3.11. The number of fused-ring (bicyclic) bond motifs is 1. The van der Waals surface area contributed by atoms with Gasteiger partial charge in [-0.25, -0.2) is 5.01 Å². The summed E-state index contributed by atoms with van der Waals surface area (Å²) < 4.78 is 39.0. The number of carbonyl (C=O) groups excluding carboxylic acids is 3. The van der Waals surface area contributed by atoms with Crippen LogP contribution in [0, 0.1) is 0 Å². The van der Waals surface area contributed by atoms with E-state index in [4.69, 9.17) is 23.8 Å². The van der Waals surface area contributed by atoms with Gasteiger partial charge < -0.3 is 5.32 Å². The zero-order valence-electron chi connectivity index (χ0n) is 14.6. The lowest BCUT2D eigenvalue weighted by Crippen LogP contribution is -2.71. The molecule has 2 aliphatic rings. The van der Waals surface area contributed by atoms with Crippen molar-refractivity contribution in [2.24, 2.45) is 0 Å². The Bertz CT molecular complexity index is 906. The van der Waals surface area contributed by atoms with E-state index in [2.05, 4.69) is 10.6 Å². The Hall–Kier alpha value is -2.24. The molecule has 1 aromatic rings. The Morgan fingerprint density at radius 3 is 2.61 bits per heavy atom. The summed E-state index contributed by atoms with van der Waals surface area (Å²) >= 11 is 10.6. The minimum absolute atomic E-state index is 0.144. The van der Waals surface area contributed by atoms with E-state index in [1.807, 2.05) is 0 Å². The number of halogens is 4. The lowest BCUT2D eigenvalue weighted by Gasteiger charge is -2.45. The highest BCUT2D eigenvalue weighted by Crippen LogP contribution is 2.37. The van der Waals surface area contributed by atoms with E-state index in [0.29, 0.717) is 6.07 Å². The van der Waals surface area contributed by atoms with Crippen molar-refractivity contribution in [2.75, 3.05) is 5.32 Å². The number of anilines is 1. The number of hydrazine groups is 1. The summed E-state index contributed by atoms with van der Waals surface area (Å²) in [6.45, 7) is 3.00. The Morgan fingerprint density at radius 2 is 2.00 bits per heavy atom. The van der Waals surface area contributed by atoms with E-state index >= 15 is 0 Å². The predicted octanol–water partition coefficient (Wildman–Crippen LogP) is 2.31. The second kappa shape index (κ2) is 6.68. The van der Waals surface area contributed by atoms with Crippen molar-refractivity contribution < 1.29 is 27.6 Å². The van der Waals surface area contributed by atoms with Crippen molar-refractivity contribution >= 4 is 52.3 Å². The summed E-state index contributed by atoms with van der Waals surface area (Å²) in [6, 6.07) is 1.80. The molecule has 0 bridgehead atoms. The highest BCUT2D eigenvalue weighted by molar-refractivity contribution is 7.80. The molecule has 0 spiro atoms. The van der Waals surface area contributed by atoms with E-state index in [1.165, 1.54) is 24.9 Å². The van der Waals surface area contributed by atoms with Crippen LogP contribution in [0.15, 0.2) is 18.2 Å². The summed E-state index contributed by atoms with van der Waals surface area (Å²) in [5.41, 5.74) is -2.53. The molecule has 3 amide bonds. The quantitative estimate of drug-likeness (QED) is 0.698. The molecule has 150 valence electrons. The lowest BCUT2D eigenvalue weighted by atomic mass is 10.00. The van der Waals surface area contributed by atoms with Crippen molar-refractivity contribution in [1.29, 1.82) is 0 Å². The minimum atomic E-state index is -4.70. The molecule has 1 atom stereocenters. The molecule has 0 saturated carbocycles. The van der Waals surface area contributed by atoms with Crippen LogP contribution in [0.5, 0.6) is 0 Å². The largest absolute Gasteiger partial charge is 0.417 e. The maximum atomic E-state index is 13.0. The number of nitrogens with one attached hydrogen (secondary N) is 2. The van der Waals surface area contributed by atoms with Gasteiger partial charge in [-0.3, -0.25) is 19.7 Å². The molecule has 3 rings (SSSR count). The van der Waals surface area contributed by atoms with Gasteiger partial charge in [-0.1, -0.05) is 11.6 Å². The van der Waals surface area contributed by atoms with Gasteiger partial charge >= 0.3 is 6.18 Å². The van der Waals surface area contributed by atoms with E-state index < -0.39 is 46.1 Å². The molecule has 0 aromatic heterocycles. The molecule has 1 aromatic carbocycles. The zero-order chi connectivity index (χ0) is 21.0. The summed E-state index contributed by atoms with van der Waals surface area (Å²) in [5, 5.41) is 6.36. The van der Waals surface area contributed by atoms with Crippen LogP contribution in [0.25, 0.3) is 0 Å². The molecule has 0 aliphatic carbocycles. The fourth-order valence-corrected chi connectivity index (χ4v) is 3.61. The van der Waals surface area contributed by atoms with E-state index in [0.717, 1.165) is 11.1 Å². The standard InChI is InChI=1S/C16H14ClF3N4O3S/c1-15(2)13(27)22-14(28)23-11(25)6-10(24(15)23)12(26)21-7-3-4-9(17)8(5-7)16(18,19)20/h3-5,10H,6H2,1-2H3,(H,21,26)(H,22,27,28)/t10-/m0/s1. The SMILES string of the molecule is CC1(C)C(=O)NC(=S)N2C(=O)C[C@@H](C(=O)Nc3ccc(Cl)c(C(F)(F)F)c3)N21. The molecule has 7 nitrogen and oxygen atoms in total. The van der Waals surface area contributed by atoms with Gasteiger partial charge in [-0.2, -0.15) is 18.2 Å². The maximum Gasteiger partial charge on any atom is 0.417 e. The highest BCUT2D eigenvalue weighted by Gasteiger charge is 2.56. The van der Waals surface area contributed by atoms with Crippen molar-refractivity contribution in [3.63, 3.8) is 0 Å². The van der Waals surface area contributed by atoms with Crippen LogP contribution in [0.3, 0.4) is 0 Å². The highest BCUT2D eigenvalue weighted by atomic mass is 35.5. The first-order chi connectivity index (χ1) is 12.8. The van der Waals surface area contributed by atoms with E-state index in [9.17, 15) is 27.6 Å². The number of rotatable bonds is 2. The number of hydrogen-bond acceptors (Lipinski definition) is 5. The average molecular weight is 435 g/mol. The molecule has 2 saturated heterocycles. The van der Waals surface area contributed by atoms with Gasteiger partial charge in [-0.05, 0) is 44.3 Å². The number of benzene rings is 1. The number of alkyl halides is 3. The van der Waals surface area contributed by atoms with Crippen LogP contribution >= 0.6 is 23.8 Å². The first-order valence-electron chi connectivity index (χ1n) is 7.99. The molecule has 2 aliphatic heterocycles. The van der Waals surface area contributed by atoms with Gasteiger partial charge in [-0.15, -0.1) is 0 Å². The lowest BCUT2D eigenvalue weighted by molar-refractivity contribution is -0.154. The molecule has 0 radical (unpaired) electrons.